The molecule has 0 aliphatic carbocycles. The average Bonchev–Trinajstić information content (AvgIpc) is 2.11. The Balaban J connectivity index is 4.40. The predicted octanol–water partition coefficient (Wildman–Crippen LogP) is 0.0870. The molecule has 0 radical (unpaired) electrons. The van der Waals surface area contributed by atoms with Gasteiger partial charge in [0.25, 0.3) is 0 Å². The van der Waals surface area contributed by atoms with Gasteiger partial charge in [-0.25, -0.2) is 9.59 Å². The number of carbonyl (C=O) groups is 2. The Bertz CT molecular complexity index is 439. The van der Waals surface area contributed by atoms with Gasteiger partial charge in [0.1, 0.15) is 0 Å². The SMILES string of the molecule is C=C(C)C(=O)OCC(=O)OC(F)(F)S(=O)(=O)O. The Hall–Kier alpha value is -1.55. The van der Waals surface area contributed by atoms with Gasteiger partial charge in [0.05, 0.1) is 0 Å². The highest BCUT2D eigenvalue weighted by molar-refractivity contribution is 7.86. The number of hydrogen-bond acceptors (Lipinski definition) is 6. The highest BCUT2D eigenvalue weighted by atomic mass is 32.2. The molecular formula is C7H8F2O7S. The smallest absolute Gasteiger partial charge is 0.450 e. The Morgan fingerprint density at radius 2 is 1.88 bits per heavy atom. The molecule has 0 rings (SSSR count). The highest BCUT2D eigenvalue weighted by Gasteiger charge is 2.49. The largest absolute Gasteiger partial charge is 0.536 e. The quantitative estimate of drug-likeness (QED) is 0.430. The van der Waals surface area contributed by atoms with Crippen molar-refractivity contribution < 1.29 is 40.8 Å². The number of rotatable bonds is 5. The summed E-state index contributed by atoms with van der Waals surface area (Å²) in [4.78, 5) is 21.4. The average molecular weight is 274 g/mol. The van der Waals surface area contributed by atoms with Crippen LogP contribution in [0.1, 0.15) is 6.92 Å². The van der Waals surface area contributed by atoms with Crippen molar-refractivity contribution in [2.75, 3.05) is 6.61 Å². The monoisotopic (exact) mass is 274 g/mol. The van der Waals surface area contributed by atoms with Crippen LogP contribution < -0.4 is 0 Å². The third-order valence-electron chi connectivity index (χ3n) is 1.20. The minimum atomic E-state index is -5.89. The van der Waals surface area contributed by atoms with Gasteiger partial charge in [-0.3, -0.25) is 4.55 Å². The van der Waals surface area contributed by atoms with Crippen molar-refractivity contribution in [3.05, 3.63) is 12.2 Å². The topological polar surface area (TPSA) is 107 Å². The third-order valence-corrected chi connectivity index (χ3v) is 1.89. The van der Waals surface area contributed by atoms with E-state index in [1.54, 1.807) is 0 Å². The van der Waals surface area contributed by atoms with Crippen LogP contribution in [0.25, 0.3) is 0 Å². The Kier molecular flexibility index (Phi) is 4.71. The van der Waals surface area contributed by atoms with Crippen molar-refractivity contribution in [1.29, 1.82) is 0 Å². The Morgan fingerprint density at radius 3 is 2.24 bits per heavy atom. The van der Waals surface area contributed by atoms with Crippen molar-refractivity contribution in [3.8, 4) is 0 Å². The number of esters is 2. The number of halogens is 2. The van der Waals surface area contributed by atoms with Crippen LogP contribution in [-0.2, 0) is 29.2 Å². The summed E-state index contributed by atoms with van der Waals surface area (Å²) in [7, 11) is -5.89. The first-order chi connectivity index (χ1) is 7.47. The van der Waals surface area contributed by atoms with Crippen LogP contribution in [0.15, 0.2) is 12.2 Å². The standard InChI is InChI=1S/C7H8F2O7S/c1-4(2)6(11)15-3-5(10)16-7(8,9)17(12,13)14/h1,3H2,2H3,(H,12,13,14). The van der Waals surface area contributed by atoms with Gasteiger partial charge in [0.15, 0.2) is 6.61 Å². The third kappa shape index (κ3) is 4.87. The van der Waals surface area contributed by atoms with Gasteiger partial charge in [0, 0.05) is 5.57 Å². The van der Waals surface area contributed by atoms with Crippen LogP contribution in [0.5, 0.6) is 0 Å². The van der Waals surface area contributed by atoms with E-state index < -0.39 is 34.1 Å². The summed E-state index contributed by atoms with van der Waals surface area (Å²) in [6.45, 7) is 3.13. The van der Waals surface area contributed by atoms with E-state index in [0.29, 0.717) is 0 Å². The van der Waals surface area contributed by atoms with Gasteiger partial charge in [-0.1, -0.05) is 6.58 Å². The zero-order valence-electron chi connectivity index (χ0n) is 8.48. The number of hydrogen-bond donors (Lipinski definition) is 1. The Morgan fingerprint density at radius 1 is 1.41 bits per heavy atom. The van der Waals surface area contributed by atoms with Crippen LogP contribution >= 0.6 is 0 Å². The van der Waals surface area contributed by atoms with Crippen LogP contribution in [-0.4, -0.2) is 37.0 Å². The summed E-state index contributed by atoms with van der Waals surface area (Å²) in [6, 6.07) is 0. The molecule has 0 fully saturated rings. The summed E-state index contributed by atoms with van der Waals surface area (Å²) >= 11 is 0. The molecule has 0 bridgehead atoms. The molecule has 0 heterocycles. The second-order valence-corrected chi connectivity index (χ2v) is 4.19. The maximum Gasteiger partial charge on any atom is 0.536 e. The molecule has 0 aromatic carbocycles. The fraction of sp³-hybridized carbons (Fsp3) is 0.429. The van der Waals surface area contributed by atoms with E-state index in [1.165, 1.54) is 6.92 Å². The highest BCUT2D eigenvalue weighted by Crippen LogP contribution is 2.21. The van der Waals surface area contributed by atoms with E-state index in [4.69, 9.17) is 4.55 Å². The number of carbonyl (C=O) groups excluding carboxylic acids is 2. The minimum absolute atomic E-state index is 0.0978. The maximum atomic E-state index is 12.4. The fourth-order valence-corrected chi connectivity index (χ4v) is 0.661. The van der Waals surface area contributed by atoms with E-state index in [-0.39, 0.29) is 5.57 Å². The zero-order valence-corrected chi connectivity index (χ0v) is 9.29. The van der Waals surface area contributed by atoms with E-state index >= 15 is 0 Å². The molecule has 0 amide bonds. The molecule has 0 saturated carbocycles. The first kappa shape index (κ1) is 15.4. The lowest BCUT2D eigenvalue weighted by molar-refractivity contribution is -0.199. The fourth-order valence-electron chi connectivity index (χ4n) is 0.462. The molecule has 0 aliphatic rings. The normalized spacial score (nSPS) is 11.8. The zero-order chi connectivity index (χ0) is 13.9. The summed E-state index contributed by atoms with van der Waals surface area (Å²) in [6.07, 6.45) is 0. The molecule has 7 nitrogen and oxygen atoms in total. The van der Waals surface area contributed by atoms with Gasteiger partial charge < -0.3 is 9.47 Å². The van der Waals surface area contributed by atoms with Gasteiger partial charge in [-0.2, -0.15) is 8.42 Å². The van der Waals surface area contributed by atoms with E-state index in [2.05, 4.69) is 16.1 Å². The van der Waals surface area contributed by atoms with Gasteiger partial charge in [-0.15, -0.1) is 8.78 Å². The molecule has 0 aromatic rings. The lowest BCUT2D eigenvalue weighted by atomic mass is 10.4. The number of ether oxygens (including phenoxy) is 2. The Labute approximate surface area is 94.7 Å². The molecule has 0 unspecified atom stereocenters. The van der Waals surface area contributed by atoms with Crippen molar-refractivity contribution in [3.63, 3.8) is 0 Å². The second-order valence-electron chi connectivity index (χ2n) is 2.77. The molecule has 10 heteroatoms. The second kappa shape index (κ2) is 5.19. The summed E-state index contributed by atoms with van der Waals surface area (Å²) in [5, 5.41) is 0. The first-order valence-electron chi connectivity index (χ1n) is 3.86. The maximum absolute atomic E-state index is 12.4. The van der Waals surface area contributed by atoms with Crippen LogP contribution in [0.3, 0.4) is 0 Å². The van der Waals surface area contributed by atoms with Crippen LogP contribution in [0.4, 0.5) is 8.78 Å². The van der Waals surface area contributed by atoms with E-state index in [0.717, 1.165) is 0 Å². The molecule has 1 N–H and O–H groups in total. The molecule has 0 atom stereocenters. The van der Waals surface area contributed by atoms with E-state index in [1.807, 2.05) is 0 Å². The lowest BCUT2D eigenvalue weighted by Gasteiger charge is -2.12. The molecule has 0 aromatic heterocycles. The minimum Gasteiger partial charge on any atom is -0.450 e. The summed E-state index contributed by atoms with van der Waals surface area (Å²) in [5.41, 5.74) is -5.20. The van der Waals surface area contributed by atoms with E-state index in [9.17, 15) is 26.8 Å². The molecular weight excluding hydrogens is 266 g/mol. The van der Waals surface area contributed by atoms with Crippen molar-refractivity contribution in [2.45, 2.75) is 12.4 Å². The summed E-state index contributed by atoms with van der Waals surface area (Å²) in [5.74, 6) is -2.89. The predicted molar refractivity (Wildman–Crippen MR) is 48.4 cm³/mol. The van der Waals surface area contributed by atoms with Gasteiger partial charge in [0.2, 0.25) is 0 Å². The van der Waals surface area contributed by atoms with Crippen LogP contribution in [0, 0.1) is 0 Å². The summed E-state index contributed by atoms with van der Waals surface area (Å²) < 4.78 is 60.1. The number of alkyl halides is 2. The lowest BCUT2D eigenvalue weighted by Crippen LogP contribution is -2.35. The first-order valence-corrected chi connectivity index (χ1v) is 5.30. The molecule has 0 saturated heterocycles. The van der Waals surface area contributed by atoms with Crippen LogP contribution in [0.2, 0.25) is 0 Å². The molecule has 0 spiro atoms. The van der Waals surface area contributed by atoms with Crippen molar-refractivity contribution in [2.24, 2.45) is 0 Å². The molecule has 0 aliphatic heterocycles. The van der Waals surface area contributed by atoms with Crippen molar-refractivity contribution >= 4 is 22.1 Å². The van der Waals surface area contributed by atoms with Crippen molar-refractivity contribution in [1.82, 2.24) is 0 Å². The van der Waals surface area contributed by atoms with Gasteiger partial charge in [-0.05, 0) is 6.92 Å². The molecule has 17 heavy (non-hydrogen) atoms. The van der Waals surface area contributed by atoms with Gasteiger partial charge >= 0.3 is 27.5 Å². The molecule has 98 valence electrons.